The molecule has 0 spiro atoms. The molecule has 10 heteroatoms. The fourth-order valence-corrected chi connectivity index (χ4v) is 4.22. The molecule has 0 saturated carbocycles. The van der Waals surface area contributed by atoms with E-state index in [1.54, 1.807) is 19.2 Å². The highest BCUT2D eigenvalue weighted by Gasteiger charge is 2.25. The van der Waals surface area contributed by atoms with Gasteiger partial charge < -0.3 is 4.90 Å². The maximum Gasteiger partial charge on any atom is 0.329 e. The third-order valence-corrected chi connectivity index (χ3v) is 5.96. The van der Waals surface area contributed by atoms with Crippen LogP contribution in [0.3, 0.4) is 0 Å². The molecule has 1 aromatic carbocycles. The molecular weight excluding hydrogens is 427 g/mol. The Labute approximate surface area is 182 Å². The van der Waals surface area contributed by atoms with Crippen LogP contribution in [0.2, 0.25) is 10.0 Å². The highest BCUT2D eigenvalue weighted by Crippen LogP contribution is 2.26. The first kappa shape index (κ1) is 20.7. The molecule has 1 aliphatic heterocycles. The molecular formula is C20H22Cl2N6O2. The van der Waals surface area contributed by atoms with Gasteiger partial charge in [0.15, 0.2) is 11.2 Å². The van der Waals surface area contributed by atoms with E-state index in [0.717, 1.165) is 38.3 Å². The van der Waals surface area contributed by atoms with E-state index in [1.165, 1.54) is 4.57 Å². The predicted molar refractivity (Wildman–Crippen MR) is 120 cm³/mol. The summed E-state index contributed by atoms with van der Waals surface area (Å²) >= 11 is 12.4. The number of nitrogens with one attached hydrogen (secondary N) is 1. The monoisotopic (exact) mass is 448 g/mol. The Morgan fingerprint density at radius 2 is 1.93 bits per heavy atom. The van der Waals surface area contributed by atoms with Gasteiger partial charge in [-0.25, -0.2) is 4.79 Å². The minimum atomic E-state index is -0.496. The lowest BCUT2D eigenvalue weighted by Gasteiger charge is -2.34. The SMILES string of the molecule is C=CCN1CCN(c2nc3c(c(=O)[nH]c(=O)n3C)n2Cc2ccc(Cl)cc2Cl)CC1. The van der Waals surface area contributed by atoms with Crippen LogP contribution in [0, 0.1) is 0 Å². The summed E-state index contributed by atoms with van der Waals surface area (Å²) in [4.78, 5) is 36.3. The first-order chi connectivity index (χ1) is 14.4. The highest BCUT2D eigenvalue weighted by molar-refractivity contribution is 6.35. The van der Waals surface area contributed by atoms with Gasteiger partial charge in [0, 0.05) is 49.8 Å². The Balaban J connectivity index is 1.83. The zero-order valence-corrected chi connectivity index (χ0v) is 18.1. The van der Waals surface area contributed by atoms with Gasteiger partial charge in [-0.15, -0.1) is 6.58 Å². The number of fused-ring (bicyclic) bond motifs is 1. The number of nitrogens with zero attached hydrogens (tertiary/aromatic N) is 5. The van der Waals surface area contributed by atoms with Crippen LogP contribution >= 0.6 is 23.2 Å². The second-order valence-corrected chi connectivity index (χ2v) is 8.14. The second kappa shape index (κ2) is 8.29. The van der Waals surface area contributed by atoms with E-state index >= 15 is 0 Å². The molecule has 158 valence electrons. The average Bonchev–Trinajstić information content (AvgIpc) is 3.09. The smallest absolute Gasteiger partial charge is 0.329 e. The first-order valence-corrected chi connectivity index (χ1v) is 10.4. The molecule has 0 atom stereocenters. The lowest BCUT2D eigenvalue weighted by atomic mass is 10.2. The van der Waals surface area contributed by atoms with Gasteiger partial charge in [-0.1, -0.05) is 35.3 Å². The zero-order valence-electron chi connectivity index (χ0n) is 16.6. The number of H-pyrrole nitrogens is 1. The highest BCUT2D eigenvalue weighted by atomic mass is 35.5. The van der Waals surface area contributed by atoms with Gasteiger partial charge in [0.25, 0.3) is 5.56 Å². The largest absolute Gasteiger partial charge is 0.340 e. The van der Waals surface area contributed by atoms with E-state index in [4.69, 9.17) is 28.2 Å². The number of rotatable bonds is 5. The number of halogens is 2. The van der Waals surface area contributed by atoms with Crippen molar-refractivity contribution in [3.63, 3.8) is 0 Å². The van der Waals surface area contributed by atoms with Crippen molar-refractivity contribution >= 4 is 40.3 Å². The minimum Gasteiger partial charge on any atom is -0.340 e. The molecule has 4 rings (SSSR count). The normalized spacial score (nSPS) is 15.1. The Morgan fingerprint density at radius 1 is 1.20 bits per heavy atom. The van der Waals surface area contributed by atoms with Crippen molar-refractivity contribution in [2.45, 2.75) is 6.54 Å². The van der Waals surface area contributed by atoms with Crippen LogP contribution in [-0.4, -0.2) is 56.7 Å². The molecule has 8 nitrogen and oxygen atoms in total. The fourth-order valence-electron chi connectivity index (χ4n) is 3.75. The van der Waals surface area contributed by atoms with Crippen LogP contribution in [0.4, 0.5) is 5.95 Å². The molecule has 3 aromatic rings. The molecule has 0 amide bonds. The molecule has 1 saturated heterocycles. The average molecular weight is 449 g/mol. The number of aromatic nitrogens is 4. The summed E-state index contributed by atoms with van der Waals surface area (Å²) < 4.78 is 3.18. The van der Waals surface area contributed by atoms with Gasteiger partial charge in [-0.2, -0.15) is 4.98 Å². The molecule has 0 aliphatic carbocycles. The molecule has 0 bridgehead atoms. The van der Waals surface area contributed by atoms with E-state index in [9.17, 15) is 9.59 Å². The lowest BCUT2D eigenvalue weighted by Crippen LogP contribution is -2.47. The van der Waals surface area contributed by atoms with E-state index < -0.39 is 11.2 Å². The van der Waals surface area contributed by atoms with E-state index in [-0.39, 0.29) is 0 Å². The summed E-state index contributed by atoms with van der Waals surface area (Å²) in [6, 6.07) is 5.26. The Bertz CT molecular complexity index is 1220. The van der Waals surface area contributed by atoms with Gasteiger partial charge in [0.2, 0.25) is 5.95 Å². The topological polar surface area (TPSA) is 79.2 Å². The number of aryl methyl sites for hydroxylation is 1. The van der Waals surface area contributed by atoms with Crippen LogP contribution in [0.25, 0.3) is 11.2 Å². The number of hydrogen-bond donors (Lipinski definition) is 1. The van der Waals surface area contributed by atoms with Crippen molar-refractivity contribution in [3.8, 4) is 0 Å². The van der Waals surface area contributed by atoms with E-state index in [1.807, 2.05) is 16.7 Å². The second-order valence-electron chi connectivity index (χ2n) is 7.30. The van der Waals surface area contributed by atoms with Gasteiger partial charge in [0.05, 0.1) is 6.54 Å². The van der Waals surface area contributed by atoms with E-state index in [0.29, 0.717) is 33.7 Å². The molecule has 2 aromatic heterocycles. The molecule has 1 aliphatic rings. The first-order valence-electron chi connectivity index (χ1n) is 9.60. The van der Waals surface area contributed by atoms with Crippen molar-refractivity contribution in [3.05, 3.63) is 67.3 Å². The molecule has 3 heterocycles. The summed E-state index contributed by atoms with van der Waals surface area (Å²) in [6.45, 7) is 8.16. The van der Waals surface area contributed by atoms with E-state index in [2.05, 4.69) is 21.4 Å². The summed E-state index contributed by atoms with van der Waals surface area (Å²) in [5.74, 6) is 0.640. The molecule has 1 fully saturated rings. The number of anilines is 1. The van der Waals surface area contributed by atoms with Crippen LogP contribution in [0.1, 0.15) is 5.56 Å². The third kappa shape index (κ3) is 3.78. The number of benzene rings is 1. The maximum atomic E-state index is 12.7. The lowest BCUT2D eigenvalue weighted by molar-refractivity contribution is 0.282. The van der Waals surface area contributed by atoms with Crippen molar-refractivity contribution < 1.29 is 0 Å². The van der Waals surface area contributed by atoms with Crippen molar-refractivity contribution in [2.24, 2.45) is 7.05 Å². The molecule has 30 heavy (non-hydrogen) atoms. The quantitative estimate of drug-likeness (QED) is 0.604. The van der Waals surface area contributed by atoms with Gasteiger partial charge in [0.1, 0.15) is 0 Å². The predicted octanol–water partition coefficient (Wildman–Crippen LogP) is 2.09. The maximum absolute atomic E-state index is 12.7. The summed E-state index contributed by atoms with van der Waals surface area (Å²) in [5, 5.41) is 1.05. The van der Waals surface area contributed by atoms with Gasteiger partial charge >= 0.3 is 5.69 Å². The summed E-state index contributed by atoms with van der Waals surface area (Å²) in [7, 11) is 1.60. The van der Waals surface area contributed by atoms with Crippen LogP contribution < -0.4 is 16.1 Å². The minimum absolute atomic E-state index is 0.329. The molecule has 1 N–H and O–H groups in total. The standard InChI is InChI=1S/C20H22Cl2N6O2/c1-3-6-26-7-9-27(10-8-26)19-23-17-16(18(29)24-20(30)25(17)2)28(19)12-13-4-5-14(21)11-15(13)22/h3-5,11H,1,6-10,12H2,2H3,(H,24,29,30). The third-order valence-electron chi connectivity index (χ3n) is 5.37. The number of hydrogen-bond acceptors (Lipinski definition) is 5. The van der Waals surface area contributed by atoms with Crippen molar-refractivity contribution in [1.82, 2.24) is 24.0 Å². The van der Waals surface area contributed by atoms with Gasteiger partial charge in [-0.05, 0) is 17.7 Å². The fraction of sp³-hybridized carbons (Fsp3) is 0.350. The number of aromatic amines is 1. The van der Waals surface area contributed by atoms with Crippen LogP contribution in [-0.2, 0) is 13.6 Å². The molecule has 0 radical (unpaired) electrons. The Morgan fingerprint density at radius 3 is 2.60 bits per heavy atom. The Kier molecular flexibility index (Phi) is 5.73. The summed E-state index contributed by atoms with van der Waals surface area (Å²) in [5.41, 5.74) is 0.524. The number of imidazole rings is 1. The van der Waals surface area contributed by atoms with Crippen molar-refractivity contribution in [1.29, 1.82) is 0 Å². The van der Waals surface area contributed by atoms with Crippen LogP contribution in [0.5, 0.6) is 0 Å². The molecule has 0 unspecified atom stereocenters. The van der Waals surface area contributed by atoms with Crippen LogP contribution in [0.15, 0.2) is 40.4 Å². The zero-order chi connectivity index (χ0) is 21.4. The summed E-state index contributed by atoms with van der Waals surface area (Å²) in [6.07, 6.45) is 1.89. The Hall–Kier alpha value is -2.55. The van der Waals surface area contributed by atoms with Crippen molar-refractivity contribution in [2.75, 3.05) is 37.6 Å². The number of piperazine rings is 1. The van der Waals surface area contributed by atoms with Gasteiger partial charge in [-0.3, -0.25) is 23.8 Å².